The summed E-state index contributed by atoms with van der Waals surface area (Å²) in [4.78, 5) is 19.6. The molecule has 2 aromatic carbocycles. The van der Waals surface area contributed by atoms with Gasteiger partial charge in [0.25, 0.3) is 5.91 Å². The van der Waals surface area contributed by atoms with Crippen LogP contribution in [0.25, 0.3) is 6.08 Å². The minimum absolute atomic E-state index is 0.0881. The van der Waals surface area contributed by atoms with E-state index in [2.05, 4.69) is 0 Å². The highest BCUT2D eigenvalue weighted by Crippen LogP contribution is 2.38. The van der Waals surface area contributed by atoms with Crippen molar-refractivity contribution in [1.29, 1.82) is 0 Å². The van der Waals surface area contributed by atoms with Crippen LogP contribution < -0.4 is 9.47 Å². The van der Waals surface area contributed by atoms with Gasteiger partial charge >= 0.3 is 0 Å². The first-order chi connectivity index (χ1) is 13.0. The zero-order valence-electron chi connectivity index (χ0n) is 16.1. The number of ether oxygens (including phenoxy) is 2. The summed E-state index contributed by atoms with van der Waals surface area (Å²) < 4.78 is 10.8. The smallest absolute Gasteiger partial charge is 0.266 e. The number of aliphatic imine (C=N–C) groups is 1. The highest BCUT2D eigenvalue weighted by Gasteiger charge is 2.31. The van der Waals surface area contributed by atoms with Gasteiger partial charge in [-0.25, -0.2) is 4.99 Å². The second-order valence-corrected chi connectivity index (χ2v) is 7.20. The van der Waals surface area contributed by atoms with Crippen LogP contribution in [0.1, 0.15) is 16.7 Å². The first kappa shape index (κ1) is 19.0. The number of para-hydroxylation sites is 2. The van der Waals surface area contributed by atoms with Crippen LogP contribution in [-0.2, 0) is 4.79 Å². The molecule has 6 heteroatoms. The van der Waals surface area contributed by atoms with E-state index in [1.165, 1.54) is 11.8 Å². The van der Waals surface area contributed by atoms with Crippen LogP contribution >= 0.6 is 11.8 Å². The monoisotopic (exact) mass is 382 g/mol. The van der Waals surface area contributed by atoms with Crippen molar-refractivity contribution >= 4 is 34.6 Å². The fourth-order valence-corrected chi connectivity index (χ4v) is 3.86. The Bertz CT molecular complexity index is 930. The molecule has 0 unspecified atom stereocenters. The fourth-order valence-electron chi connectivity index (χ4n) is 2.90. The number of thioether (sulfide) groups is 1. The van der Waals surface area contributed by atoms with E-state index in [0.717, 1.165) is 22.4 Å². The average molecular weight is 382 g/mol. The van der Waals surface area contributed by atoms with E-state index in [0.29, 0.717) is 21.6 Å². The van der Waals surface area contributed by atoms with E-state index in [-0.39, 0.29) is 5.91 Å². The van der Waals surface area contributed by atoms with Crippen LogP contribution in [0.3, 0.4) is 0 Å². The molecule has 0 radical (unpaired) electrons. The predicted molar refractivity (Wildman–Crippen MR) is 111 cm³/mol. The van der Waals surface area contributed by atoms with Gasteiger partial charge in [-0.3, -0.25) is 9.69 Å². The number of aryl methyl sites for hydroxylation is 2. The molecule has 1 aliphatic heterocycles. The van der Waals surface area contributed by atoms with Crippen LogP contribution in [0, 0.1) is 13.8 Å². The number of methoxy groups -OCH3 is 2. The van der Waals surface area contributed by atoms with E-state index < -0.39 is 0 Å². The normalized spacial score (nSPS) is 17.1. The number of rotatable bonds is 4. The Labute approximate surface area is 163 Å². The molecule has 0 bridgehead atoms. The lowest BCUT2D eigenvalue weighted by Gasteiger charge is -2.10. The van der Waals surface area contributed by atoms with Crippen LogP contribution in [0.5, 0.6) is 11.5 Å². The molecule has 1 saturated heterocycles. The van der Waals surface area contributed by atoms with Crippen LogP contribution in [0.4, 0.5) is 5.69 Å². The molecule has 0 aromatic heterocycles. The highest BCUT2D eigenvalue weighted by atomic mass is 32.2. The minimum Gasteiger partial charge on any atom is -0.493 e. The predicted octanol–water partition coefficient (Wildman–Crippen LogP) is 4.55. The van der Waals surface area contributed by atoms with Gasteiger partial charge in [0.2, 0.25) is 0 Å². The Kier molecular flexibility index (Phi) is 5.56. The molecular formula is C21H22N2O3S. The standard InChI is InChI=1S/C21H22N2O3S/c1-13-8-6-9-14(2)18(13)22-21-23(3)20(24)17(27-21)12-15-10-7-11-16(25-4)19(15)26-5/h6-12H,1-5H3. The molecule has 0 spiro atoms. The molecule has 140 valence electrons. The van der Waals surface area contributed by atoms with Gasteiger partial charge in [0, 0.05) is 12.6 Å². The number of carbonyl (C=O) groups is 1. The van der Waals surface area contributed by atoms with Crippen molar-refractivity contribution in [1.82, 2.24) is 4.90 Å². The number of hydrogen-bond acceptors (Lipinski definition) is 5. The van der Waals surface area contributed by atoms with Gasteiger partial charge in [-0.05, 0) is 48.9 Å². The number of nitrogens with zero attached hydrogens (tertiary/aromatic N) is 2. The summed E-state index contributed by atoms with van der Waals surface area (Å²) in [5.41, 5.74) is 3.85. The van der Waals surface area contributed by atoms with Gasteiger partial charge in [-0.15, -0.1) is 0 Å². The lowest BCUT2D eigenvalue weighted by atomic mass is 10.1. The summed E-state index contributed by atoms with van der Waals surface area (Å²) in [6.07, 6.45) is 1.82. The summed E-state index contributed by atoms with van der Waals surface area (Å²) in [5.74, 6) is 1.14. The summed E-state index contributed by atoms with van der Waals surface area (Å²) >= 11 is 1.36. The van der Waals surface area contributed by atoms with Crippen molar-refractivity contribution in [2.45, 2.75) is 13.8 Å². The van der Waals surface area contributed by atoms with Gasteiger partial charge in [0.15, 0.2) is 16.7 Å². The number of hydrogen-bond donors (Lipinski definition) is 0. The van der Waals surface area contributed by atoms with E-state index >= 15 is 0 Å². The average Bonchev–Trinajstić information content (AvgIpc) is 2.92. The Hall–Kier alpha value is -2.73. The van der Waals surface area contributed by atoms with E-state index in [9.17, 15) is 4.79 Å². The molecule has 5 nitrogen and oxygen atoms in total. The first-order valence-corrected chi connectivity index (χ1v) is 9.31. The highest BCUT2D eigenvalue weighted by molar-refractivity contribution is 8.18. The number of amidine groups is 1. The maximum Gasteiger partial charge on any atom is 0.266 e. The molecular weight excluding hydrogens is 360 g/mol. The Morgan fingerprint density at radius 1 is 1.04 bits per heavy atom. The minimum atomic E-state index is -0.0881. The number of likely N-dealkylation sites (N-methyl/N-ethyl adjacent to an activating group) is 1. The van der Waals surface area contributed by atoms with Crippen molar-refractivity contribution in [2.75, 3.05) is 21.3 Å². The van der Waals surface area contributed by atoms with Gasteiger partial charge < -0.3 is 9.47 Å². The second kappa shape index (κ2) is 7.88. The zero-order valence-corrected chi connectivity index (χ0v) is 16.9. The van der Waals surface area contributed by atoms with Gasteiger partial charge in [0.05, 0.1) is 24.8 Å². The summed E-state index contributed by atoms with van der Waals surface area (Å²) in [7, 11) is 4.92. The molecule has 1 amide bonds. The second-order valence-electron chi connectivity index (χ2n) is 6.19. The Morgan fingerprint density at radius 2 is 1.70 bits per heavy atom. The molecule has 0 aliphatic carbocycles. The third-order valence-electron chi connectivity index (χ3n) is 4.37. The summed E-state index contributed by atoms with van der Waals surface area (Å²) in [6, 6.07) is 11.6. The van der Waals surface area contributed by atoms with Crippen molar-refractivity contribution in [2.24, 2.45) is 4.99 Å². The molecule has 0 N–H and O–H groups in total. The zero-order chi connectivity index (χ0) is 19.6. The lowest BCUT2D eigenvalue weighted by molar-refractivity contribution is -0.121. The molecule has 2 aromatic rings. The largest absolute Gasteiger partial charge is 0.493 e. The van der Waals surface area contributed by atoms with Crippen LogP contribution in [-0.4, -0.2) is 37.2 Å². The van der Waals surface area contributed by atoms with Crippen molar-refractivity contribution in [3.63, 3.8) is 0 Å². The number of carbonyl (C=O) groups excluding carboxylic acids is 1. The van der Waals surface area contributed by atoms with Crippen molar-refractivity contribution < 1.29 is 14.3 Å². The number of benzene rings is 2. The summed E-state index contributed by atoms with van der Waals surface area (Å²) in [6.45, 7) is 4.04. The van der Waals surface area contributed by atoms with Crippen molar-refractivity contribution in [3.05, 3.63) is 58.0 Å². The number of amides is 1. The third-order valence-corrected chi connectivity index (χ3v) is 5.43. The van der Waals surface area contributed by atoms with Crippen LogP contribution in [0.2, 0.25) is 0 Å². The Morgan fingerprint density at radius 3 is 2.33 bits per heavy atom. The van der Waals surface area contributed by atoms with E-state index in [4.69, 9.17) is 14.5 Å². The maximum absolute atomic E-state index is 12.7. The third kappa shape index (κ3) is 3.71. The quantitative estimate of drug-likeness (QED) is 0.728. The first-order valence-electron chi connectivity index (χ1n) is 8.49. The molecule has 27 heavy (non-hydrogen) atoms. The molecule has 3 rings (SSSR count). The fraction of sp³-hybridized carbons (Fsp3) is 0.238. The maximum atomic E-state index is 12.7. The summed E-state index contributed by atoms with van der Waals surface area (Å²) in [5, 5.41) is 0.658. The van der Waals surface area contributed by atoms with Crippen molar-refractivity contribution in [3.8, 4) is 11.5 Å². The van der Waals surface area contributed by atoms with E-state index in [1.54, 1.807) is 26.2 Å². The SMILES string of the molecule is COc1cccc(C=C2SC(=Nc3c(C)cccc3C)N(C)C2=O)c1OC. The van der Waals surface area contributed by atoms with Gasteiger partial charge in [0.1, 0.15) is 0 Å². The van der Waals surface area contributed by atoms with E-state index in [1.807, 2.05) is 56.3 Å². The molecule has 1 aliphatic rings. The molecule has 0 saturated carbocycles. The Balaban J connectivity index is 2.00. The molecule has 1 heterocycles. The van der Waals surface area contributed by atoms with Gasteiger partial charge in [-0.1, -0.05) is 30.3 Å². The molecule has 0 atom stereocenters. The topological polar surface area (TPSA) is 51.1 Å². The molecule has 1 fully saturated rings. The lowest BCUT2D eigenvalue weighted by Crippen LogP contribution is -2.23. The van der Waals surface area contributed by atoms with Crippen LogP contribution in [0.15, 0.2) is 46.3 Å². The van der Waals surface area contributed by atoms with Gasteiger partial charge in [-0.2, -0.15) is 0 Å².